The summed E-state index contributed by atoms with van der Waals surface area (Å²) in [5.41, 5.74) is 6.70. The summed E-state index contributed by atoms with van der Waals surface area (Å²) in [7, 11) is 1.73. The molecule has 2 N–H and O–H groups in total. The number of hydrogen-bond acceptors (Lipinski definition) is 7. The number of pyridine rings is 2. The SMILES string of the molecule is CC(C)CN(Cc1nc(-c2ccc(C(F)(F)F)nc2)cs1)C(=O)c1cc2c(cc1F)nc(N)c1cnn(C)c12. The van der Waals surface area contributed by atoms with E-state index in [9.17, 15) is 18.0 Å². The summed E-state index contributed by atoms with van der Waals surface area (Å²) in [6.45, 7) is 4.29. The third-order valence-electron chi connectivity index (χ3n) is 6.13. The fraction of sp³-hybridized carbons (Fsp3) is 0.269. The lowest BCUT2D eigenvalue weighted by molar-refractivity contribution is -0.141. The van der Waals surface area contributed by atoms with E-state index in [-0.39, 0.29) is 23.8 Å². The predicted molar refractivity (Wildman–Crippen MR) is 140 cm³/mol. The zero-order valence-corrected chi connectivity index (χ0v) is 21.9. The number of aryl methyl sites for hydroxylation is 1. The fourth-order valence-corrected chi connectivity index (χ4v) is 5.18. The van der Waals surface area contributed by atoms with Gasteiger partial charge in [-0.1, -0.05) is 13.8 Å². The normalized spacial score (nSPS) is 12.1. The third kappa shape index (κ3) is 5.13. The van der Waals surface area contributed by atoms with Crippen LogP contribution in [-0.4, -0.2) is 42.1 Å². The van der Waals surface area contributed by atoms with Crippen LogP contribution in [0.25, 0.3) is 33.1 Å². The standard InChI is InChI=1S/C26H23F4N7OS/c1-13(2)10-37(11-22-34-20(12-39-22)14-4-5-21(32-8-14)26(28,29)30)25(38)15-6-16-19(7-18(15)27)35-24(31)17-9-33-36(3)23(16)17/h4-9,12-13H,10-11H2,1-3H3,(H2,31,35). The number of nitrogens with two attached hydrogens (primary N) is 1. The van der Waals surface area contributed by atoms with Crippen molar-refractivity contribution < 1.29 is 22.4 Å². The van der Waals surface area contributed by atoms with Gasteiger partial charge in [-0.15, -0.1) is 11.3 Å². The van der Waals surface area contributed by atoms with E-state index in [2.05, 4.69) is 20.1 Å². The quantitative estimate of drug-likeness (QED) is 0.270. The molecule has 39 heavy (non-hydrogen) atoms. The number of thiazole rings is 1. The van der Waals surface area contributed by atoms with Crippen molar-refractivity contribution in [2.75, 3.05) is 12.3 Å². The van der Waals surface area contributed by atoms with Gasteiger partial charge in [0.05, 0.1) is 40.4 Å². The molecule has 0 saturated carbocycles. The first-order valence-electron chi connectivity index (χ1n) is 11.9. The number of halogens is 4. The number of alkyl halides is 3. The molecule has 8 nitrogen and oxygen atoms in total. The van der Waals surface area contributed by atoms with Gasteiger partial charge in [0.1, 0.15) is 22.3 Å². The van der Waals surface area contributed by atoms with Crippen molar-refractivity contribution in [2.45, 2.75) is 26.6 Å². The molecule has 5 aromatic rings. The van der Waals surface area contributed by atoms with E-state index < -0.39 is 23.6 Å². The molecule has 0 aliphatic carbocycles. The van der Waals surface area contributed by atoms with E-state index in [4.69, 9.17) is 5.73 Å². The maximum atomic E-state index is 15.3. The molecule has 1 aromatic carbocycles. The molecule has 1 amide bonds. The van der Waals surface area contributed by atoms with Crippen LogP contribution in [-0.2, 0) is 19.8 Å². The van der Waals surface area contributed by atoms with Crippen molar-refractivity contribution in [1.82, 2.24) is 29.6 Å². The van der Waals surface area contributed by atoms with Gasteiger partial charge in [0, 0.05) is 42.2 Å². The number of fused-ring (bicyclic) bond motifs is 3. The highest BCUT2D eigenvalue weighted by Crippen LogP contribution is 2.31. The van der Waals surface area contributed by atoms with Crippen molar-refractivity contribution in [1.29, 1.82) is 0 Å². The largest absolute Gasteiger partial charge is 0.433 e. The number of rotatable bonds is 6. The second-order valence-corrected chi connectivity index (χ2v) is 10.5. The average molecular weight is 558 g/mol. The Hall–Kier alpha value is -4.13. The summed E-state index contributed by atoms with van der Waals surface area (Å²) in [5.74, 6) is -0.969. The average Bonchev–Trinajstić information content (AvgIpc) is 3.50. The van der Waals surface area contributed by atoms with Gasteiger partial charge < -0.3 is 10.6 Å². The molecule has 202 valence electrons. The number of carbonyl (C=O) groups is 1. The summed E-state index contributed by atoms with van der Waals surface area (Å²) in [6.07, 6.45) is -1.85. The number of nitrogens with zero attached hydrogens (tertiary/aromatic N) is 6. The monoisotopic (exact) mass is 557 g/mol. The van der Waals surface area contributed by atoms with Crippen molar-refractivity contribution >= 4 is 44.9 Å². The number of carbonyl (C=O) groups excluding carboxylic acids is 1. The highest BCUT2D eigenvalue weighted by atomic mass is 32.1. The van der Waals surface area contributed by atoms with E-state index in [0.29, 0.717) is 44.6 Å². The Morgan fingerprint density at radius 1 is 1.15 bits per heavy atom. The molecule has 0 unspecified atom stereocenters. The highest BCUT2D eigenvalue weighted by Gasteiger charge is 2.32. The number of nitrogen functional groups attached to an aromatic ring is 1. The van der Waals surface area contributed by atoms with Gasteiger partial charge in [-0.25, -0.2) is 14.4 Å². The number of aromatic nitrogens is 5. The van der Waals surface area contributed by atoms with E-state index >= 15 is 4.39 Å². The van der Waals surface area contributed by atoms with Crippen molar-refractivity contribution in [3.05, 3.63) is 64.1 Å². The minimum atomic E-state index is -4.54. The van der Waals surface area contributed by atoms with Crippen LogP contribution in [0.3, 0.4) is 0 Å². The van der Waals surface area contributed by atoms with E-state index in [1.54, 1.807) is 23.3 Å². The number of anilines is 1. The van der Waals surface area contributed by atoms with Crippen LogP contribution in [0.4, 0.5) is 23.4 Å². The molecule has 5 rings (SSSR count). The molecule has 0 radical (unpaired) electrons. The number of hydrogen-bond donors (Lipinski definition) is 1. The fourth-order valence-electron chi connectivity index (χ4n) is 4.37. The van der Waals surface area contributed by atoms with Crippen molar-refractivity contribution in [3.63, 3.8) is 0 Å². The third-order valence-corrected chi connectivity index (χ3v) is 6.96. The van der Waals surface area contributed by atoms with Crippen molar-refractivity contribution in [2.24, 2.45) is 13.0 Å². The molecule has 0 saturated heterocycles. The predicted octanol–water partition coefficient (Wildman–Crippen LogP) is 5.68. The molecule has 0 aliphatic heterocycles. The van der Waals surface area contributed by atoms with Gasteiger partial charge in [0.15, 0.2) is 0 Å². The Kier molecular flexibility index (Phi) is 6.70. The molecule has 4 aromatic heterocycles. The van der Waals surface area contributed by atoms with Crippen LogP contribution in [0.1, 0.15) is 34.9 Å². The van der Waals surface area contributed by atoms with Gasteiger partial charge in [-0.2, -0.15) is 18.3 Å². The summed E-state index contributed by atoms with van der Waals surface area (Å²) in [6, 6.07) is 4.86. The lowest BCUT2D eigenvalue weighted by Crippen LogP contribution is -2.34. The zero-order chi connectivity index (χ0) is 28.1. The molecule has 0 bridgehead atoms. The maximum Gasteiger partial charge on any atom is 0.433 e. The summed E-state index contributed by atoms with van der Waals surface area (Å²) in [5, 5.41) is 7.59. The second kappa shape index (κ2) is 9.88. The summed E-state index contributed by atoms with van der Waals surface area (Å²) < 4.78 is 55.4. The first-order chi connectivity index (χ1) is 18.4. The number of benzene rings is 1. The minimum Gasteiger partial charge on any atom is -0.383 e. The Labute approximate surface area is 224 Å². The van der Waals surface area contributed by atoms with Gasteiger partial charge in [0.2, 0.25) is 0 Å². The van der Waals surface area contributed by atoms with Crippen LogP contribution in [0.5, 0.6) is 0 Å². The first-order valence-corrected chi connectivity index (χ1v) is 12.8. The molecular formula is C26H23F4N7OS. The molecule has 0 atom stereocenters. The molecule has 13 heteroatoms. The Balaban J connectivity index is 1.47. The van der Waals surface area contributed by atoms with E-state index in [1.165, 1.54) is 34.4 Å². The highest BCUT2D eigenvalue weighted by molar-refractivity contribution is 7.09. The summed E-state index contributed by atoms with van der Waals surface area (Å²) in [4.78, 5) is 27.4. The van der Waals surface area contributed by atoms with Crippen LogP contribution in [0.2, 0.25) is 0 Å². The van der Waals surface area contributed by atoms with E-state index in [0.717, 1.165) is 12.3 Å². The molecular weight excluding hydrogens is 534 g/mol. The van der Waals surface area contributed by atoms with E-state index in [1.807, 2.05) is 13.8 Å². The summed E-state index contributed by atoms with van der Waals surface area (Å²) >= 11 is 1.25. The van der Waals surface area contributed by atoms with Crippen LogP contribution < -0.4 is 5.73 Å². The van der Waals surface area contributed by atoms with Crippen LogP contribution in [0.15, 0.2) is 42.0 Å². The van der Waals surface area contributed by atoms with Gasteiger partial charge in [-0.3, -0.25) is 14.5 Å². The Bertz CT molecular complexity index is 1690. The molecule has 0 aliphatic rings. The van der Waals surface area contributed by atoms with Crippen molar-refractivity contribution in [3.8, 4) is 11.3 Å². The van der Waals surface area contributed by atoms with Gasteiger partial charge >= 0.3 is 6.18 Å². The van der Waals surface area contributed by atoms with Crippen LogP contribution >= 0.6 is 11.3 Å². The lowest BCUT2D eigenvalue weighted by atomic mass is 10.1. The molecule has 0 fully saturated rings. The van der Waals surface area contributed by atoms with Gasteiger partial charge in [-0.05, 0) is 24.1 Å². The lowest BCUT2D eigenvalue weighted by Gasteiger charge is -2.24. The van der Waals surface area contributed by atoms with Crippen LogP contribution in [0, 0.1) is 11.7 Å². The number of amides is 1. The second-order valence-electron chi connectivity index (χ2n) is 9.51. The molecule has 4 heterocycles. The smallest absolute Gasteiger partial charge is 0.383 e. The maximum absolute atomic E-state index is 15.3. The Morgan fingerprint density at radius 3 is 2.59 bits per heavy atom. The first kappa shape index (κ1) is 26.5. The topological polar surface area (TPSA) is 103 Å². The zero-order valence-electron chi connectivity index (χ0n) is 21.1. The van der Waals surface area contributed by atoms with Gasteiger partial charge in [0.25, 0.3) is 5.91 Å². The molecule has 0 spiro atoms. The Morgan fingerprint density at radius 2 is 1.92 bits per heavy atom. The minimum absolute atomic E-state index is 0.0706.